The summed E-state index contributed by atoms with van der Waals surface area (Å²) < 4.78 is 46.8. The lowest BCUT2D eigenvalue weighted by atomic mass is 10.0. The lowest BCUT2D eigenvalue weighted by Crippen LogP contribution is -2.37. The van der Waals surface area contributed by atoms with Gasteiger partial charge < -0.3 is 19.9 Å². The predicted octanol–water partition coefficient (Wildman–Crippen LogP) is 1.93. The summed E-state index contributed by atoms with van der Waals surface area (Å²) in [5.74, 6) is -1.11. The zero-order valence-electron chi connectivity index (χ0n) is 12.7. The molecule has 2 N–H and O–H groups in total. The summed E-state index contributed by atoms with van der Waals surface area (Å²) >= 11 is 0. The van der Waals surface area contributed by atoms with E-state index in [0.29, 0.717) is 22.6 Å². The molecule has 0 aliphatic heterocycles. The van der Waals surface area contributed by atoms with Crippen LogP contribution in [0.5, 0.6) is 11.5 Å². The molecular formula is C15H18F3NO4. The van der Waals surface area contributed by atoms with Crippen molar-refractivity contribution < 1.29 is 32.5 Å². The lowest BCUT2D eigenvalue weighted by Gasteiger charge is -2.14. The van der Waals surface area contributed by atoms with E-state index in [4.69, 9.17) is 14.6 Å². The monoisotopic (exact) mass is 333 g/mol. The van der Waals surface area contributed by atoms with Crippen LogP contribution in [0, 0.1) is 0 Å². The van der Waals surface area contributed by atoms with Crippen LogP contribution in [0.1, 0.15) is 11.1 Å². The predicted molar refractivity (Wildman–Crippen MR) is 78.4 cm³/mol. The SMILES string of the molecule is COc1cc(/C=C\CO)c(CCNC(=O)C(F)(F)F)cc1OC. The summed E-state index contributed by atoms with van der Waals surface area (Å²) in [6.07, 6.45) is -1.65. The van der Waals surface area contributed by atoms with E-state index < -0.39 is 12.1 Å². The Morgan fingerprint density at radius 2 is 1.87 bits per heavy atom. The number of rotatable bonds is 7. The van der Waals surface area contributed by atoms with Crippen LogP contribution < -0.4 is 14.8 Å². The Morgan fingerprint density at radius 1 is 1.26 bits per heavy atom. The molecule has 0 fully saturated rings. The third-order valence-corrected chi connectivity index (χ3v) is 2.99. The Kier molecular flexibility index (Phi) is 6.89. The number of alkyl halides is 3. The van der Waals surface area contributed by atoms with Gasteiger partial charge in [0.25, 0.3) is 0 Å². The summed E-state index contributed by atoms with van der Waals surface area (Å²) in [4.78, 5) is 10.8. The van der Waals surface area contributed by atoms with Crippen molar-refractivity contribution in [3.63, 3.8) is 0 Å². The van der Waals surface area contributed by atoms with Gasteiger partial charge in [-0.25, -0.2) is 0 Å². The van der Waals surface area contributed by atoms with Gasteiger partial charge in [-0.05, 0) is 29.7 Å². The first-order valence-electron chi connectivity index (χ1n) is 6.70. The molecule has 0 saturated carbocycles. The molecule has 0 radical (unpaired) electrons. The Hall–Kier alpha value is -2.22. The Morgan fingerprint density at radius 3 is 2.39 bits per heavy atom. The van der Waals surface area contributed by atoms with Gasteiger partial charge in [0.05, 0.1) is 20.8 Å². The fraction of sp³-hybridized carbons (Fsp3) is 0.400. The van der Waals surface area contributed by atoms with Gasteiger partial charge in [-0.15, -0.1) is 0 Å². The fourth-order valence-electron chi connectivity index (χ4n) is 1.90. The Balaban J connectivity index is 2.94. The fourth-order valence-corrected chi connectivity index (χ4v) is 1.90. The van der Waals surface area contributed by atoms with Gasteiger partial charge in [0, 0.05) is 6.54 Å². The van der Waals surface area contributed by atoms with Crippen LogP contribution >= 0.6 is 0 Å². The number of ether oxygens (including phenoxy) is 2. The van der Waals surface area contributed by atoms with Gasteiger partial charge in [0.2, 0.25) is 0 Å². The van der Waals surface area contributed by atoms with Gasteiger partial charge in [0.15, 0.2) is 11.5 Å². The van der Waals surface area contributed by atoms with E-state index in [2.05, 4.69) is 0 Å². The second-order valence-corrected chi connectivity index (χ2v) is 4.49. The van der Waals surface area contributed by atoms with Crippen LogP contribution in [0.25, 0.3) is 6.08 Å². The second-order valence-electron chi connectivity index (χ2n) is 4.49. The minimum absolute atomic E-state index is 0.160. The van der Waals surface area contributed by atoms with Crippen LogP contribution in [0.15, 0.2) is 18.2 Å². The quantitative estimate of drug-likeness (QED) is 0.800. The standard InChI is InChI=1S/C15H18F3NO4/c1-22-12-8-10(4-3-7-20)11(9-13(12)23-2)5-6-19-14(21)15(16,17)18/h3-4,8-9,20H,5-7H2,1-2H3,(H,19,21)/b4-3-. The van der Waals surface area contributed by atoms with Gasteiger partial charge in [0.1, 0.15) is 0 Å². The molecule has 23 heavy (non-hydrogen) atoms. The third-order valence-electron chi connectivity index (χ3n) is 2.99. The van der Waals surface area contributed by atoms with Crippen LogP contribution in [-0.2, 0) is 11.2 Å². The third kappa shape index (κ3) is 5.48. The van der Waals surface area contributed by atoms with Crippen LogP contribution in [-0.4, -0.2) is 44.6 Å². The summed E-state index contributed by atoms with van der Waals surface area (Å²) in [6.45, 7) is -0.369. The number of carbonyl (C=O) groups excluding carboxylic acids is 1. The number of benzene rings is 1. The van der Waals surface area contributed by atoms with Crippen LogP contribution in [0.4, 0.5) is 13.2 Å². The first-order chi connectivity index (χ1) is 10.8. The first kappa shape index (κ1) is 18.8. The molecule has 1 aromatic carbocycles. The maximum atomic E-state index is 12.2. The molecule has 5 nitrogen and oxygen atoms in total. The number of nitrogens with one attached hydrogen (secondary N) is 1. The molecule has 1 amide bonds. The largest absolute Gasteiger partial charge is 0.493 e. The van der Waals surface area contributed by atoms with Crippen molar-refractivity contribution in [2.24, 2.45) is 0 Å². The molecule has 0 unspecified atom stereocenters. The Labute approximate surface area is 131 Å². The number of aliphatic hydroxyl groups is 1. The molecule has 0 saturated heterocycles. The molecule has 1 rings (SSSR count). The normalized spacial score (nSPS) is 11.6. The second kappa shape index (κ2) is 8.42. The van der Waals surface area contributed by atoms with E-state index in [1.165, 1.54) is 20.3 Å². The van der Waals surface area contributed by atoms with Crippen molar-refractivity contribution in [1.82, 2.24) is 5.32 Å². The van der Waals surface area contributed by atoms with E-state index in [0.717, 1.165) is 0 Å². The molecule has 0 aliphatic rings. The van der Waals surface area contributed by atoms with E-state index in [1.54, 1.807) is 18.2 Å². The van der Waals surface area contributed by atoms with Crippen molar-refractivity contribution in [1.29, 1.82) is 0 Å². The zero-order valence-corrected chi connectivity index (χ0v) is 12.7. The molecular weight excluding hydrogens is 315 g/mol. The molecule has 0 spiro atoms. The van der Waals surface area contributed by atoms with Crippen molar-refractivity contribution in [3.05, 3.63) is 29.3 Å². The molecule has 0 aromatic heterocycles. The average molecular weight is 333 g/mol. The lowest BCUT2D eigenvalue weighted by molar-refractivity contribution is -0.173. The summed E-state index contributed by atoms with van der Waals surface area (Å²) in [7, 11) is 2.90. The first-order valence-corrected chi connectivity index (χ1v) is 6.70. The van der Waals surface area contributed by atoms with Gasteiger partial charge in [-0.3, -0.25) is 4.79 Å². The number of hydrogen-bond acceptors (Lipinski definition) is 4. The van der Waals surface area contributed by atoms with Crippen molar-refractivity contribution >= 4 is 12.0 Å². The van der Waals surface area contributed by atoms with E-state index in [1.807, 2.05) is 5.32 Å². The minimum Gasteiger partial charge on any atom is -0.493 e. The van der Waals surface area contributed by atoms with Crippen molar-refractivity contribution in [3.8, 4) is 11.5 Å². The number of methoxy groups -OCH3 is 2. The molecule has 128 valence electrons. The van der Waals surface area contributed by atoms with E-state index in [9.17, 15) is 18.0 Å². The van der Waals surface area contributed by atoms with Crippen LogP contribution in [0.3, 0.4) is 0 Å². The van der Waals surface area contributed by atoms with Crippen molar-refractivity contribution in [2.75, 3.05) is 27.4 Å². The molecule has 0 bridgehead atoms. The van der Waals surface area contributed by atoms with E-state index in [-0.39, 0.29) is 19.6 Å². The molecule has 1 aromatic rings. The summed E-state index contributed by atoms with van der Waals surface area (Å²) in [6, 6.07) is 3.27. The minimum atomic E-state index is -4.91. The molecule has 8 heteroatoms. The Bertz CT molecular complexity index is 571. The number of halogens is 3. The average Bonchev–Trinajstić information content (AvgIpc) is 2.51. The zero-order chi connectivity index (χ0) is 17.5. The highest BCUT2D eigenvalue weighted by Crippen LogP contribution is 2.31. The highest BCUT2D eigenvalue weighted by molar-refractivity contribution is 5.81. The number of amides is 1. The van der Waals surface area contributed by atoms with E-state index >= 15 is 0 Å². The molecule has 0 heterocycles. The maximum Gasteiger partial charge on any atom is 0.471 e. The number of carbonyl (C=O) groups is 1. The van der Waals surface area contributed by atoms with Crippen LogP contribution in [0.2, 0.25) is 0 Å². The number of aliphatic hydroxyl groups excluding tert-OH is 1. The summed E-state index contributed by atoms with van der Waals surface area (Å²) in [5.41, 5.74) is 1.30. The number of hydrogen-bond donors (Lipinski definition) is 2. The van der Waals surface area contributed by atoms with Gasteiger partial charge in [-0.1, -0.05) is 12.2 Å². The topological polar surface area (TPSA) is 67.8 Å². The maximum absolute atomic E-state index is 12.2. The highest BCUT2D eigenvalue weighted by atomic mass is 19.4. The smallest absolute Gasteiger partial charge is 0.471 e. The van der Waals surface area contributed by atoms with Gasteiger partial charge >= 0.3 is 12.1 Å². The summed E-state index contributed by atoms with van der Waals surface area (Å²) in [5, 5.41) is 10.7. The highest BCUT2D eigenvalue weighted by Gasteiger charge is 2.38. The molecule has 0 aliphatic carbocycles. The molecule has 0 atom stereocenters. The van der Waals surface area contributed by atoms with Crippen molar-refractivity contribution in [2.45, 2.75) is 12.6 Å². The van der Waals surface area contributed by atoms with Gasteiger partial charge in [-0.2, -0.15) is 13.2 Å².